The summed E-state index contributed by atoms with van der Waals surface area (Å²) in [6, 6.07) is 0. The molecule has 0 bridgehead atoms. The van der Waals surface area contributed by atoms with Crippen LogP contribution in [0.3, 0.4) is 0 Å². The first-order chi connectivity index (χ1) is 7.54. The SMILES string of the molecule is NC(=O)C1CCCN(C(=O)C/C(N)=N/O)C1. The maximum Gasteiger partial charge on any atom is 0.230 e. The number of carbonyl (C=O) groups is 2. The fraction of sp³-hybridized carbons (Fsp3) is 0.667. The smallest absolute Gasteiger partial charge is 0.230 e. The van der Waals surface area contributed by atoms with Gasteiger partial charge in [-0.1, -0.05) is 5.16 Å². The van der Waals surface area contributed by atoms with Gasteiger partial charge in [-0.2, -0.15) is 0 Å². The van der Waals surface area contributed by atoms with Gasteiger partial charge in [-0.15, -0.1) is 0 Å². The first-order valence-corrected chi connectivity index (χ1v) is 5.08. The average Bonchev–Trinajstić information content (AvgIpc) is 2.28. The molecule has 0 aromatic carbocycles. The Morgan fingerprint density at radius 3 is 2.69 bits per heavy atom. The number of oxime groups is 1. The molecule has 1 heterocycles. The molecule has 0 saturated carbocycles. The van der Waals surface area contributed by atoms with Crippen LogP contribution in [0.5, 0.6) is 0 Å². The molecule has 0 aliphatic carbocycles. The summed E-state index contributed by atoms with van der Waals surface area (Å²) in [7, 11) is 0. The van der Waals surface area contributed by atoms with Gasteiger partial charge in [-0.3, -0.25) is 9.59 Å². The Labute approximate surface area is 93.1 Å². The quantitative estimate of drug-likeness (QED) is 0.244. The van der Waals surface area contributed by atoms with Gasteiger partial charge in [0.1, 0.15) is 5.84 Å². The predicted molar refractivity (Wildman–Crippen MR) is 56.5 cm³/mol. The van der Waals surface area contributed by atoms with E-state index in [0.29, 0.717) is 19.5 Å². The zero-order valence-electron chi connectivity index (χ0n) is 8.93. The van der Waals surface area contributed by atoms with Crippen LogP contribution in [0.15, 0.2) is 5.16 Å². The molecule has 2 amide bonds. The second-order valence-corrected chi connectivity index (χ2v) is 3.85. The van der Waals surface area contributed by atoms with Gasteiger partial charge in [0.25, 0.3) is 0 Å². The molecule has 0 aromatic rings. The largest absolute Gasteiger partial charge is 0.409 e. The lowest BCUT2D eigenvalue weighted by atomic mass is 9.97. The number of hydrogen-bond acceptors (Lipinski definition) is 4. The van der Waals surface area contributed by atoms with Crippen molar-refractivity contribution in [1.29, 1.82) is 0 Å². The van der Waals surface area contributed by atoms with Gasteiger partial charge in [-0.25, -0.2) is 0 Å². The maximum atomic E-state index is 11.6. The molecule has 0 radical (unpaired) electrons. The van der Waals surface area contributed by atoms with Gasteiger partial charge in [0.05, 0.1) is 12.3 Å². The lowest BCUT2D eigenvalue weighted by Crippen LogP contribution is -2.45. The molecular formula is C9H16N4O3. The number of primary amides is 1. The topological polar surface area (TPSA) is 122 Å². The van der Waals surface area contributed by atoms with E-state index in [1.54, 1.807) is 0 Å². The van der Waals surface area contributed by atoms with E-state index in [1.165, 1.54) is 4.90 Å². The van der Waals surface area contributed by atoms with Crippen LogP contribution in [0, 0.1) is 5.92 Å². The van der Waals surface area contributed by atoms with E-state index in [0.717, 1.165) is 6.42 Å². The Hall–Kier alpha value is -1.79. The van der Waals surface area contributed by atoms with E-state index in [9.17, 15) is 9.59 Å². The Kier molecular flexibility index (Phi) is 4.10. The number of amides is 2. The standard InChI is InChI=1S/C9H16N4O3/c10-7(12-16)4-8(14)13-3-1-2-6(5-13)9(11)15/h6,16H,1-5H2,(H2,10,12)(H2,11,15). The molecule has 1 fully saturated rings. The summed E-state index contributed by atoms with van der Waals surface area (Å²) >= 11 is 0. The van der Waals surface area contributed by atoms with Crippen molar-refractivity contribution in [3.05, 3.63) is 0 Å². The lowest BCUT2D eigenvalue weighted by molar-refractivity contribution is -0.133. The summed E-state index contributed by atoms with van der Waals surface area (Å²) < 4.78 is 0. The summed E-state index contributed by atoms with van der Waals surface area (Å²) in [4.78, 5) is 24.2. The minimum Gasteiger partial charge on any atom is -0.409 e. The number of carbonyl (C=O) groups excluding carboxylic acids is 2. The number of rotatable bonds is 3. The van der Waals surface area contributed by atoms with Crippen LogP contribution in [0.4, 0.5) is 0 Å². The monoisotopic (exact) mass is 228 g/mol. The van der Waals surface area contributed by atoms with Crippen molar-refractivity contribution in [1.82, 2.24) is 4.90 Å². The van der Waals surface area contributed by atoms with E-state index in [4.69, 9.17) is 16.7 Å². The van der Waals surface area contributed by atoms with Gasteiger partial charge in [-0.05, 0) is 12.8 Å². The van der Waals surface area contributed by atoms with Gasteiger partial charge in [0.2, 0.25) is 11.8 Å². The highest BCUT2D eigenvalue weighted by atomic mass is 16.4. The van der Waals surface area contributed by atoms with E-state index in [-0.39, 0.29) is 30.0 Å². The van der Waals surface area contributed by atoms with E-state index >= 15 is 0 Å². The zero-order valence-corrected chi connectivity index (χ0v) is 8.93. The van der Waals surface area contributed by atoms with Crippen LogP contribution < -0.4 is 11.5 Å². The molecule has 1 unspecified atom stereocenters. The van der Waals surface area contributed by atoms with Crippen LogP contribution in [0.2, 0.25) is 0 Å². The second kappa shape index (κ2) is 5.34. The van der Waals surface area contributed by atoms with Crippen molar-refractivity contribution in [2.45, 2.75) is 19.3 Å². The van der Waals surface area contributed by atoms with Crippen molar-refractivity contribution in [3.63, 3.8) is 0 Å². The number of hydrogen-bond donors (Lipinski definition) is 3. The molecule has 1 atom stereocenters. The molecule has 0 spiro atoms. The third-order valence-electron chi connectivity index (χ3n) is 2.64. The van der Waals surface area contributed by atoms with Crippen molar-refractivity contribution in [3.8, 4) is 0 Å². The van der Waals surface area contributed by atoms with E-state index in [1.807, 2.05) is 0 Å². The molecule has 1 aliphatic rings. The zero-order chi connectivity index (χ0) is 12.1. The molecule has 1 saturated heterocycles. The van der Waals surface area contributed by atoms with Gasteiger partial charge < -0.3 is 21.6 Å². The van der Waals surface area contributed by atoms with E-state index in [2.05, 4.69) is 5.16 Å². The number of nitrogens with zero attached hydrogens (tertiary/aromatic N) is 2. The van der Waals surface area contributed by atoms with Crippen molar-refractivity contribution < 1.29 is 14.8 Å². The van der Waals surface area contributed by atoms with Gasteiger partial charge in [0, 0.05) is 13.1 Å². The van der Waals surface area contributed by atoms with Crippen molar-refractivity contribution in [2.24, 2.45) is 22.5 Å². The summed E-state index contributed by atoms with van der Waals surface area (Å²) in [6.45, 7) is 0.911. The van der Waals surface area contributed by atoms with Crippen LogP contribution >= 0.6 is 0 Å². The Morgan fingerprint density at radius 1 is 1.44 bits per heavy atom. The molecule has 7 nitrogen and oxygen atoms in total. The Bertz CT molecular complexity index is 316. The summed E-state index contributed by atoms with van der Waals surface area (Å²) in [5.74, 6) is -1.06. The molecule has 5 N–H and O–H groups in total. The Morgan fingerprint density at radius 2 is 2.12 bits per heavy atom. The minimum atomic E-state index is -0.388. The normalized spacial score (nSPS) is 21.9. The van der Waals surface area contributed by atoms with Crippen LogP contribution in [-0.2, 0) is 9.59 Å². The highest BCUT2D eigenvalue weighted by molar-refractivity contribution is 5.98. The summed E-state index contributed by atoms with van der Waals surface area (Å²) in [5.41, 5.74) is 10.4. The maximum absolute atomic E-state index is 11.6. The van der Waals surface area contributed by atoms with Gasteiger partial charge >= 0.3 is 0 Å². The number of likely N-dealkylation sites (tertiary alicyclic amines) is 1. The summed E-state index contributed by atoms with van der Waals surface area (Å²) in [6.07, 6.45) is 1.32. The average molecular weight is 228 g/mol. The third kappa shape index (κ3) is 3.11. The first kappa shape index (κ1) is 12.3. The molecule has 0 aromatic heterocycles. The minimum absolute atomic E-state index is 0.133. The third-order valence-corrected chi connectivity index (χ3v) is 2.64. The molecule has 7 heteroatoms. The Balaban J connectivity index is 2.53. The predicted octanol–water partition coefficient (Wildman–Crippen LogP) is -1.15. The van der Waals surface area contributed by atoms with Crippen LogP contribution in [-0.4, -0.2) is 40.8 Å². The number of nitrogens with two attached hydrogens (primary N) is 2. The molecule has 16 heavy (non-hydrogen) atoms. The van der Waals surface area contributed by atoms with Gasteiger partial charge in [0.15, 0.2) is 0 Å². The second-order valence-electron chi connectivity index (χ2n) is 3.85. The molecular weight excluding hydrogens is 212 g/mol. The van der Waals surface area contributed by atoms with Crippen molar-refractivity contribution in [2.75, 3.05) is 13.1 Å². The fourth-order valence-corrected chi connectivity index (χ4v) is 1.74. The highest BCUT2D eigenvalue weighted by Crippen LogP contribution is 2.16. The summed E-state index contributed by atoms with van der Waals surface area (Å²) in [5, 5.41) is 11.1. The molecule has 1 rings (SSSR count). The van der Waals surface area contributed by atoms with Crippen molar-refractivity contribution >= 4 is 17.6 Å². The number of piperidine rings is 1. The van der Waals surface area contributed by atoms with Crippen LogP contribution in [0.25, 0.3) is 0 Å². The number of amidine groups is 1. The van der Waals surface area contributed by atoms with Crippen LogP contribution in [0.1, 0.15) is 19.3 Å². The molecule has 90 valence electrons. The first-order valence-electron chi connectivity index (χ1n) is 5.08. The highest BCUT2D eigenvalue weighted by Gasteiger charge is 2.27. The van der Waals surface area contributed by atoms with E-state index < -0.39 is 0 Å². The fourth-order valence-electron chi connectivity index (χ4n) is 1.74. The molecule has 1 aliphatic heterocycles. The lowest BCUT2D eigenvalue weighted by Gasteiger charge is -2.31.